The van der Waals surface area contributed by atoms with Crippen LogP contribution in [0.5, 0.6) is 0 Å². The summed E-state index contributed by atoms with van der Waals surface area (Å²) < 4.78 is 35.2. The molecule has 2 aromatic carbocycles. The van der Waals surface area contributed by atoms with Crippen molar-refractivity contribution < 1.29 is 13.5 Å². The number of halogens is 2. The molecule has 6 rings (SSSR count). The minimum Gasteiger partial charge on any atom is -0.379 e. The summed E-state index contributed by atoms with van der Waals surface area (Å²) in [4.78, 5) is 11.6. The van der Waals surface area contributed by atoms with Gasteiger partial charge in [0.1, 0.15) is 11.6 Å². The van der Waals surface area contributed by atoms with Crippen LogP contribution in [0.2, 0.25) is 0 Å². The van der Waals surface area contributed by atoms with Crippen molar-refractivity contribution in [3.63, 3.8) is 0 Å². The fraction of sp³-hybridized carbons (Fsp3) is 0.233. The largest absolute Gasteiger partial charge is 0.379 e. The van der Waals surface area contributed by atoms with Gasteiger partial charge in [-0.2, -0.15) is 5.10 Å². The van der Waals surface area contributed by atoms with Gasteiger partial charge in [0.05, 0.1) is 18.9 Å². The van der Waals surface area contributed by atoms with E-state index in [4.69, 9.17) is 14.8 Å². The second kappa shape index (κ2) is 10.8. The molecule has 8 heteroatoms. The highest BCUT2D eigenvalue weighted by Gasteiger charge is 2.22. The number of pyridine rings is 2. The zero-order chi connectivity index (χ0) is 25.9. The standard InChI is InChI=1S/C30H27F2N5O/c31-24-6-2-21(3-7-24)27-26-20-37(15-1-14-36-16-18-38-19-17-36)35-30(26)34-29(23-4-8-25(32)9-5-23)28(27)22-10-12-33-13-11-22/h2-13,20H,1,14-19H2. The Balaban J connectivity index is 1.50. The van der Waals surface area contributed by atoms with Crippen LogP contribution in [0.15, 0.2) is 79.3 Å². The first-order valence-corrected chi connectivity index (χ1v) is 12.8. The van der Waals surface area contributed by atoms with Crippen LogP contribution in [0.4, 0.5) is 8.78 Å². The van der Waals surface area contributed by atoms with Crippen molar-refractivity contribution >= 4 is 11.0 Å². The van der Waals surface area contributed by atoms with E-state index in [1.165, 1.54) is 24.3 Å². The third kappa shape index (κ3) is 5.05. The first-order valence-electron chi connectivity index (χ1n) is 12.8. The van der Waals surface area contributed by atoms with Crippen LogP contribution in [-0.4, -0.2) is 57.5 Å². The molecule has 38 heavy (non-hydrogen) atoms. The fourth-order valence-electron chi connectivity index (χ4n) is 5.01. The lowest BCUT2D eigenvalue weighted by Gasteiger charge is -2.26. The zero-order valence-corrected chi connectivity index (χ0v) is 20.9. The van der Waals surface area contributed by atoms with Crippen LogP contribution in [0.3, 0.4) is 0 Å². The maximum absolute atomic E-state index is 13.9. The number of nitrogens with zero attached hydrogens (tertiary/aromatic N) is 5. The SMILES string of the molecule is Fc1ccc(-c2nc3nn(CCCN4CCOCC4)cc3c(-c3ccc(F)cc3)c2-c2ccncc2)cc1. The number of hydrogen-bond acceptors (Lipinski definition) is 5. The van der Waals surface area contributed by atoms with E-state index in [-0.39, 0.29) is 11.6 Å². The molecular formula is C30H27F2N5O. The quantitative estimate of drug-likeness (QED) is 0.275. The Morgan fingerprint density at radius 2 is 1.37 bits per heavy atom. The third-order valence-corrected chi connectivity index (χ3v) is 6.90. The van der Waals surface area contributed by atoms with Crippen LogP contribution in [-0.2, 0) is 11.3 Å². The molecule has 0 radical (unpaired) electrons. The lowest BCUT2D eigenvalue weighted by atomic mass is 9.90. The third-order valence-electron chi connectivity index (χ3n) is 6.90. The summed E-state index contributed by atoms with van der Waals surface area (Å²) in [5.41, 5.74) is 5.57. The second-order valence-electron chi connectivity index (χ2n) is 9.40. The molecule has 1 aliphatic rings. The number of morpholine rings is 1. The van der Waals surface area contributed by atoms with Gasteiger partial charge < -0.3 is 4.74 Å². The van der Waals surface area contributed by atoms with Crippen molar-refractivity contribution in [2.75, 3.05) is 32.8 Å². The topological polar surface area (TPSA) is 56.1 Å². The highest BCUT2D eigenvalue weighted by atomic mass is 19.1. The van der Waals surface area contributed by atoms with E-state index in [2.05, 4.69) is 9.88 Å². The minimum absolute atomic E-state index is 0.304. The molecule has 1 aliphatic heterocycles. The van der Waals surface area contributed by atoms with Gasteiger partial charge in [0.25, 0.3) is 0 Å². The van der Waals surface area contributed by atoms with Gasteiger partial charge in [0.2, 0.25) is 0 Å². The van der Waals surface area contributed by atoms with Gasteiger partial charge in [0, 0.05) is 66.8 Å². The van der Waals surface area contributed by atoms with Gasteiger partial charge in [0.15, 0.2) is 5.65 Å². The van der Waals surface area contributed by atoms with Gasteiger partial charge in [-0.3, -0.25) is 14.6 Å². The second-order valence-corrected chi connectivity index (χ2v) is 9.40. The molecule has 0 N–H and O–H groups in total. The minimum atomic E-state index is -0.316. The first kappa shape index (κ1) is 24.3. The number of fused-ring (bicyclic) bond motifs is 1. The van der Waals surface area contributed by atoms with Crippen LogP contribution in [0, 0.1) is 11.6 Å². The number of hydrogen-bond donors (Lipinski definition) is 0. The van der Waals surface area contributed by atoms with E-state index in [9.17, 15) is 8.78 Å². The molecule has 1 saturated heterocycles. The van der Waals surface area contributed by atoms with E-state index in [0.29, 0.717) is 11.3 Å². The van der Waals surface area contributed by atoms with Crippen molar-refractivity contribution in [2.45, 2.75) is 13.0 Å². The molecule has 0 aliphatic carbocycles. The Hall–Kier alpha value is -4.01. The molecule has 1 fully saturated rings. The molecule has 0 amide bonds. The maximum atomic E-state index is 13.9. The smallest absolute Gasteiger partial charge is 0.182 e. The van der Waals surface area contributed by atoms with Crippen LogP contribution in [0.25, 0.3) is 44.5 Å². The summed E-state index contributed by atoms with van der Waals surface area (Å²) in [7, 11) is 0. The Labute approximate surface area is 219 Å². The number of aryl methyl sites for hydroxylation is 1. The molecule has 4 heterocycles. The molecule has 5 aromatic rings. The van der Waals surface area contributed by atoms with Gasteiger partial charge >= 0.3 is 0 Å². The summed E-state index contributed by atoms with van der Waals surface area (Å²) in [6.07, 6.45) is 6.44. The summed E-state index contributed by atoms with van der Waals surface area (Å²) in [6.45, 7) is 5.18. The van der Waals surface area contributed by atoms with E-state index in [1.54, 1.807) is 36.7 Å². The van der Waals surface area contributed by atoms with Gasteiger partial charge in [-0.25, -0.2) is 13.8 Å². The molecule has 6 nitrogen and oxygen atoms in total. The zero-order valence-electron chi connectivity index (χ0n) is 20.9. The summed E-state index contributed by atoms with van der Waals surface area (Å²) in [6, 6.07) is 16.6. The van der Waals surface area contributed by atoms with Crippen LogP contribution in [0.1, 0.15) is 6.42 Å². The Kier molecular flexibility index (Phi) is 6.90. The Bertz CT molecular complexity index is 1530. The van der Waals surface area contributed by atoms with E-state index < -0.39 is 0 Å². The van der Waals surface area contributed by atoms with Crippen LogP contribution < -0.4 is 0 Å². The monoisotopic (exact) mass is 511 g/mol. The first-order chi connectivity index (χ1) is 18.7. The normalized spacial score (nSPS) is 14.3. The molecule has 3 aromatic heterocycles. The van der Waals surface area contributed by atoms with Gasteiger partial charge in [-0.1, -0.05) is 12.1 Å². The van der Waals surface area contributed by atoms with Crippen LogP contribution >= 0.6 is 0 Å². The number of benzene rings is 2. The number of rotatable bonds is 7. The Morgan fingerprint density at radius 1 is 0.737 bits per heavy atom. The van der Waals surface area contributed by atoms with E-state index in [0.717, 1.165) is 79.0 Å². The predicted octanol–water partition coefficient (Wildman–Crippen LogP) is 5.83. The van der Waals surface area contributed by atoms with E-state index >= 15 is 0 Å². The van der Waals surface area contributed by atoms with E-state index in [1.807, 2.05) is 23.0 Å². The van der Waals surface area contributed by atoms with Crippen molar-refractivity contribution in [3.8, 4) is 33.5 Å². The lowest BCUT2D eigenvalue weighted by Crippen LogP contribution is -2.37. The molecular weight excluding hydrogens is 484 g/mol. The average Bonchev–Trinajstić information content (AvgIpc) is 3.36. The number of ether oxygens (including phenoxy) is 1. The van der Waals surface area contributed by atoms with Crippen molar-refractivity contribution in [1.29, 1.82) is 0 Å². The Morgan fingerprint density at radius 3 is 2.05 bits per heavy atom. The molecule has 0 unspecified atom stereocenters. The molecule has 0 atom stereocenters. The number of aromatic nitrogens is 4. The van der Waals surface area contributed by atoms with Crippen molar-refractivity contribution in [2.24, 2.45) is 0 Å². The molecule has 192 valence electrons. The van der Waals surface area contributed by atoms with Gasteiger partial charge in [-0.15, -0.1) is 0 Å². The highest BCUT2D eigenvalue weighted by molar-refractivity contribution is 6.05. The summed E-state index contributed by atoms with van der Waals surface area (Å²) in [5, 5.41) is 5.72. The fourth-order valence-corrected chi connectivity index (χ4v) is 5.01. The summed E-state index contributed by atoms with van der Waals surface area (Å²) >= 11 is 0. The molecule has 0 spiro atoms. The van der Waals surface area contributed by atoms with Gasteiger partial charge in [-0.05, 0) is 66.1 Å². The van der Waals surface area contributed by atoms with Crippen molar-refractivity contribution in [3.05, 3.63) is 90.9 Å². The average molecular weight is 512 g/mol. The highest BCUT2D eigenvalue weighted by Crippen LogP contribution is 2.42. The van der Waals surface area contributed by atoms with Crippen molar-refractivity contribution in [1.82, 2.24) is 24.6 Å². The molecule has 0 saturated carbocycles. The predicted molar refractivity (Wildman–Crippen MR) is 143 cm³/mol. The summed E-state index contributed by atoms with van der Waals surface area (Å²) in [5.74, 6) is -0.620. The maximum Gasteiger partial charge on any atom is 0.182 e. The molecule has 0 bridgehead atoms. The lowest BCUT2D eigenvalue weighted by molar-refractivity contribution is 0.0368.